The van der Waals surface area contributed by atoms with Crippen LogP contribution in [0.15, 0.2) is 24.3 Å². The van der Waals surface area contributed by atoms with E-state index in [-0.39, 0.29) is 11.7 Å². The third-order valence-electron chi connectivity index (χ3n) is 4.35. The Hall–Kier alpha value is -1.75. The molecule has 1 aromatic carbocycles. The van der Waals surface area contributed by atoms with Gasteiger partial charge in [-0.3, -0.25) is 4.79 Å². The minimum absolute atomic E-state index is 0.0916. The predicted molar refractivity (Wildman–Crippen MR) is 88.7 cm³/mol. The van der Waals surface area contributed by atoms with Gasteiger partial charge in [0, 0.05) is 18.0 Å². The number of aromatic nitrogens is 1. The van der Waals surface area contributed by atoms with Crippen molar-refractivity contribution in [3.05, 3.63) is 47.3 Å². The van der Waals surface area contributed by atoms with Crippen molar-refractivity contribution in [3.8, 4) is 10.4 Å². The lowest BCUT2D eigenvalue weighted by Gasteiger charge is -2.25. The van der Waals surface area contributed by atoms with Gasteiger partial charge in [0.1, 0.15) is 11.5 Å². The van der Waals surface area contributed by atoms with Gasteiger partial charge in [-0.25, -0.2) is 9.37 Å². The lowest BCUT2D eigenvalue weighted by Crippen LogP contribution is -2.32. The van der Waals surface area contributed by atoms with E-state index >= 15 is 0 Å². The highest BCUT2D eigenvalue weighted by atomic mass is 32.1. The standard InChI is InChI=1S/C18H18FN2OS/c19-14-7-3-2-6-13(14)16-15(20-17(23-16)12-8-9-12)18(22)21-10-4-1-5-11-21/h2-3,6-7,10,12H,1,4-5,8-9,11H2. The van der Waals surface area contributed by atoms with Crippen LogP contribution in [-0.4, -0.2) is 22.3 Å². The molecule has 0 atom stereocenters. The summed E-state index contributed by atoms with van der Waals surface area (Å²) < 4.78 is 14.2. The second kappa shape index (κ2) is 6.04. The molecule has 2 fully saturated rings. The average molecular weight is 329 g/mol. The van der Waals surface area contributed by atoms with Crippen molar-refractivity contribution in [2.24, 2.45) is 0 Å². The van der Waals surface area contributed by atoms with E-state index in [2.05, 4.69) is 4.98 Å². The molecule has 2 aromatic rings. The first-order valence-electron chi connectivity index (χ1n) is 8.14. The summed E-state index contributed by atoms with van der Waals surface area (Å²) in [6.45, 7) is 2.68. The van der Waals surface area contributed by atoms with Crippen LogP contribution < -0.4 is 0 Å². The Bertz CT molecular complexity index is 732. The molecule has 1 amide bonds. The first kappa shape index (κ1) is 14.8. The van der Waals surface area contributed by atoms with E-state index in [0.29, 0.717) is 22.1 Å². The second-order valence-electron chi connectivity index (χ2n) is 6.16. The molecule has 4 rings (SSSR count). The van der Waals surface area contributed by atoms with E-state index in [1.165, 1.54) is 17.4 Å². The number of benzene rings is 1. The molecular weight excluding hydrogens is 311 g/mol. The number of rotatable bonds is 3. The monoisotopic (exact) mass is 329 g/mol. The molecule has 1 radical (unpaired) electrons. The molecule has 3 nitrogen and oxygen atoms in total. The fourth-order valence-electron chi connectivity index (χ4n) is 2.90. The van der Waals surface area contributed by atoms with Crippen LogP contribution in [0, 0.1) is 12.4 Å². The van der Waals surface area contributed by atoms with Gasteiger partial charge in [0.05, 0.1) is 16.4 Å². The van der Waals surface area contributed by atoms with Crippen molar-refractivity contribution >= 4 is 17.2 Å². The summed E-state index contributed by atoms with van der Waals surface area (Å²) in [5.41, 5.74) is 0.900. The van der Waals surface area contributed by atoms with Gasteiger partial charge in [-0.1, -0.05) is 18.2 Å². The third kappa shape index (κ3) is 2.90. The maximum Gasteiger partial charge on any atom is 0.274 e. The first-order chi connectivity index (χ1) is 11.2. The highest BCUT2D eigenvalue weighted by Crippen LogP contribution is 2.45. The number of carbonyl (C=O) groups is 1. The topological polar surface area (TPSA) is 33.2 Å². The van der Waals surface area contributed by atoms with Gasteiger partial charge in [0.2, 0.25) is 0 Å². The molecule has 1 saturated carbocycles. The number of carbonyl (C=O) groups excluding carboxylic acids is 1. The average Bonchev–Trinajstić information content (AvgIpc) is 3.35. The van der Waals surface area contributed by atoms with Gasteiger partial charge in [0.25, 0.3) is 5.91 Å². The molecule has 1 saturated heterocycles. The lowest BCUT2D eigenvalue weighted by atomic mass is 10.1. The van der Waals surface area contributed by atoms with E-state index in [9.17, 15) is 9.18 Å². The highest BCUT2D eigenvalue weighted by molar-refractivity contribution is 7.15. The molecule has 2 aliphatic rings. The SMILES string of the molecule is O=C(c1nc(C2CC2)sc1-c1ccccc1F)N1[CH]CCCC1. The molecular formula is C18H18FN2OS. The van der Waals surface area contributed by atoms with Crippen LogP contribution in [-0.2, 0) is 0 Å². The summed E-state index contributed by atoms with van der Waals surface area (Å²) in [7, 11) is 0. The van der Waals surface area contributed by atoms with Gasteiger partial charge < -0.3 is 4.90 Å². The van der Waals surface area contributed by atoms with Crippen LogP contribution in [0.4, 0.5) is 4.39 Å². The number of halogens is 1. The van der Waals surface area contributed by atoms with Crippen molar-refractivity contribution in [1.82, 2.24) is 9.88 Å². The third-order valence-corrected chi connectivity index (χ3v) is 5.61. The summed E-state index contributed by atoms with van der Waals surface area (Å²) in [5, 5.41) is 0.976. The van der Waals surface area contributed by atoms with Gasteiger partial charge in [-0.15, -0.1) is 11.3 Å². The van der Waals surface area contributed by atoms with Crippen LogP contribution in [0.2, 0.25) is 0 Å². The predicted octanol–water partition coefficient (Wildman–Crippen LogP) is 4.61. The zero-order valence-corrected chi connectivity index (χ0v) is 13.6. The molecule has 119 valence electrons. The van der Waals surface area contributed by atoms with Crippen LogP contribution >= 0.6 is 11.3 Å². The van der Waals surface area contributed by atoms with Gasteiger partial charge in [-0.2, -0.15) is 0 Å². The molecule has 23 heavy (non-hydrogen) atoms. The number of amides is 1. The molecule has 0 spiro atoms. The van der Waals surface area contributed by atoms with Crippen LogP contribution in [0.25, 0.3) is 10.4 Å². The lowest BCUT2D eigenvalue weighted by molar-refractivity contribution is 0.0770. The van der Waals surface area contributed by atoms with Crippen LogP contribution in [0.1, 0.15) is 53.5 Å². The van der Waals surface area contributed by atoms with E-state index < -0.39 is 0 Å². The molecule has 2 heterocycles. The highest BCUT2D eigenvalue weighted by Gasteiger charge is 2.32. The smallest absolute Gasteiger partial charge is 0.274 e. The molecule has 1 aliphatic carbocycles. The van der Waals surface area contributed by atoms with E-state index in [4.69, 9.17) is 0 Å². The normalized spacial score (nSPS) is 18.2. The summed E-state index contributed by atoms with van der Waals surface area (Å²) in [6, 6.07) is 6.64. The Morgan fingerprint density at radius 1 is 1.26 bits per heavy atom. The van der Waals surface area contributed by atoms with Gasteiger partial charge in [0.15, 0.2) is 0 Å². The summed E-state index contributed by atoms with van der Waals surface area (Å²) in [5.74, 6) is 0.0682. The van der Waals surface area contributed by atoms with Crippen molar-refractivity contribution in [2.45, 2.75) is 38.0 Å². The van der Waals surface area contributed by atoms with Gasteiger partial charge >= 0.3 is 0 Å². The number of hydrogen-bond acceptors (Lipinski definition) is 3. The van der Waals surface area contributed by atoms with E-state index in [0.717, 1.165) is 43.7 Å². The number of nitrogens with zero attached hydrogens (tertiary/aromatic N) is 2. The minimum Gasteiger partial charge on any atom is -0.332 e. The minimum atomic E-state index is -0.296. The molecule has 0 bridgehead atoms. The number of thiazole rings is 1. The molecule has 0 N–H and O–H groups in total. The zero-order valence-electron chi connectivity index (χ0n) is 12.8. The van der Waals surface area contributed by atoms with E-state index in [1.807, 2.05) is 6.54 Å². The second-order valence-corrected chi connectivity index (χ2v) is 7.19. The molecule has 0 unspecified atom stereocenters. The Morgan fingerprint density at radius 2 is 2.09 bits per heavy atom. The summed E-state index contributed by atoms with van der Waals surface area (Å²) in [6.07, 6.45) is 5.28. The van der Waals surface area contributed by atoms with E-state index in [1.54, 1.807) is 23.1 Å². The Balaban J connectivity index is 1.75. The Labute approximate surface area is 139 Å². The zero-order chi connectivity index (χ0) is 15.8. The Kier molecular flexibility index (Phi) is 3.89. The number of piperidine rings is 1. The summed E-state index contributed by atoms with van der Waals surface area (Å²) >= 11 is 1.48. The van der Waals surface area contributed by atoms with Crippen LogP contribution in [0.3, 0.4) is 0 Å². The number of likely N-dealkylation sites (tertiary alicyclic amines) is 1. The molecule has 1 aliphatic heterocycles. The largest absolute Gasteiger partial charge is 0.332 e. The first-order valence-corrected chi connectivity index (χ1v) is 8.95. The van der Waals surface area contributed by atoms with Crippen molar-refractivity contribution in [2.75, 3.05) is 6.54 Å². The number of hydrogen-bond donors (Lipinski definition) is 0. The fraction of sp³-hybridized carbons (Fsp3) is 0.389. The summed E-state index contributed by atoms with van der Waals surface area (Å²) in [4.78, 5) is 19.9. The Morgan fingerprint density at radius 3 is 2.78 bits per heavy atom. The molecule has 5 heteroatoms. The quantitative estimate of drug-likeness (QED) is 0.823. The molecule has 1 aromatic heterocycles. The van der Waals surface area contributed by atoms with Crippen molar-refractivity contribution < 1.29 is 9.18 Å². The van der Waals surface area contributed by atoms with Gasteiger partial charge in [-0.05, 0) is 38.2 Å². The van der Waals surface area contributed by atoms with Crippen molar-refractivity contribution in [1.29, 1.82) is 0 Å². The fourth-order valence-corrected chi connectivity index (χ4v) is 4.15. The van der Waals surface area contributed by atoms with Crippen molar-refractivity contribution in [3.63, 3.8) is 0 Å². The maximum atomic E-state index is 14.2. The van der Waals surface area contributed by atoms with Crippen LogP contribution in [0.5, 0.6) is 0 Å². The maximum absolute atomic E-state index is 14.2.